The fourth-order valence-electron chi connectivity index (χ4n) is 1.84. The third-order valence-corrected chi connectivity index (χ3v) is 2.97. The predicted molar refractivity (Wildman–Crippen MR) is 74.6 cm³/mol. The van der Waals surface area contributed by atoms with Gasteiger partial charge in [-0.15, -0.1) is 0 Å². The van der Waals surface area contributed by atoms with E-state index in [0.717, 1.165) is 12.8 Å². The fraction of sp³-hybridized carbons (Fsp3) is 0.800. The normalized spacial score (nSPS) is 10.3. The Morgan fingerprint density at radius 1 is 0.944 bits per heavy atom. The van der Waals surface area contributed by atoms with Gasteiger partial charge in [0.2, 0.25) is 0 Å². The Morgan fingerprint density at radius 2 is 1.39 bits per heavy atom. The number of esters is 1. The van der Waals surface area contributed by atoms with Crippen molar-refractivity contribution in [3.8, 4) is 0 Å². The minimum Gasteiger partial charge on any atom is -0.502 e. The van der Waals surface area contributed by atoms with Crippen LogP contribution in [0, 0.1) is 0 Å². The minimum atomic E-state index is -0.703. The van der Waals surface area contributed by atoms with Crippen molar-refractivity contribution in [2.45, 2.75) is 71.1 Å². The maximum absolute atomic E-state index is 10.8. The monoisotopic (exact) mass is 256 g/mol. The smallest absolute Gasteiger partial charge is 0.372 e. The van der Waals surface area contributed by atoms with Gasteiger partial charge in [0, 0.05) is 0 Å². The van der Waals surface area contributed by atoms with E-state index in [1.165, 1.54) is 51.4 Å². The molecule has 0 fully saturated rings. The van der Waals surface area contributed by atoms with E-state index in [9.17, 15) is 4.79 Å². The standard InChI is InChI=1S/C15H28O3/c1-3-4-5-6-7-8-9-10-11-12-13-18-15(17)14(2)16/h16H,2-13H2,1H3. The Hall–Kier alpha value is -0.990. The summed E-state index contributed by atoms with van der Waals surface area (Å²) >= 11 is 0. The van der Waals surface area contributed by atoms with Crippen molar-refractivity contribution >= 4 is 5.97 Å². The Kier molecular flexibility index (Phi) is 11.8. The van der Waals surface area contributed by atoms with Gasteiger partial charge in [-0.3, -0.25) is 0 Å². The molecule has 18 heavy (non-hydrogen) atoms. The zero-order valence-corrected chi connectivity index (χ0v) is 11.7. The van der Waals surface area contributed by atoms with Gasteiger partial charge in [-0.25, -0.2) is 4.79 Å². The van der Waals surface area contributed by atoms with Gasteiger partial charge < -0.3 is 9.84 Å². The van der Waals surface area contributed by atoms with E-state index in [4.69, 9.17) is 9.84 Å². The Morgan fingerprint density at radius 3 is 1.83 bits per heavy atom. The molecule has 0 aromatic rings. The molecule has 0 bridgehead atoms. The highest BCUT2D eigenvalue weighted by molar-refractivity contribution is 5.84. The highest BCUT2D eigenvalue weighted by Gasteiger charge is 2.04. The number of hydrogen-bond acceptors (Lipinski definition) is 3. The molecule has 0 aromatic carbocycles. The van der Waals surface area contributed by atoms with Crippen LogP contribution in [0.2, 0.25) is 0 Å². The number of hydrogen-bond donors (Lipinski definition) is 1. The van der Waals surface area contributed by atoms with Gasteiger partial charge in [-0.2, -0.15) is 0 Å². The lowest BCUT2D eigenvalue weighted by Gasteiger charge is -2.04. The van der Waals surface area contributed by atoms with Crippen molar-refractivity contribution in [3.05, 3.63) is 12.3 Å². The summed E-state index contributed by atoms with van der Waals surface area (Å²) in [5, 5.41) is 8.71. The van der Waals surface area contributed by atoms with Gasteiger partial charge in [-0.1, -0.05) is 64.7 Å². The molecule has 0 unspecified atom stereocenters. The summed E-state index contributed by atoms with van der Waals surface area (Å²) in [6.07, 6.45) is 12.5. The van der Waals surface area contributed by atoms with Crippen molar-refractivity contribution in [2.75, 3.05) is 6.61 Å². The highest BCUT2D eigenvalue weighted by atomic mass is 16.5. The number of carbonyl (C=O) groups excluding carboxylic acids is 1. The molecular weight excluding hydrogens is 228 g/mol. The molecule has 0 aliphatic carbocycles. The van der Waals surface area contributed by atoms with Crippen molar-refractivity contribution in [2.24, 2.45) is 0 Å². The SMILES string of the molecule is C=C(O)C(=O)OCCCCCCCCCCCC. The molecule has 3 heteroatoms. The summed E-state index contributed by atoms with van der Waals surface area (Å²) in [4.78, 5) is 10.8. The lowest BCUT2D eigenvalue weighted by molar-refractivity contribution is -0.142. The first-order valence-corrected chi connectivity index (χ1v) is 7.23. The summed E-state index contributed by atoms with van der Waals surface area (Å²) in [5.41, 5.74) is 0. The Balaban J connectivity index is 3.07. The summed E-state index contributed by atoms with van der Waals surface area (Å²) in [6.45, 7) is 5.72. The zero-order valence-electron chi connectivity index (χ0n) is 11.7. The van der Waals surface area contributed by atoms with Gasteiger partial charge in [0.05, 0.1) is 6.61 Å². The van der Waals surface area contributed by atoms with Crippen LogP contribution in [0.25, 0.3) is 0 Å². The first-order chi connectivity index (χ1) is 8.68. The largest absolute Gasteiger partial charge is 0.502 e. The van der Waals surface area contributed by atoms with Crippen molar-refractivity contribution < 1.29 is 14.6 Å². The van der Waals surface area contributed by atoms with E-state index in [1.54, 1.807) is 0 Å². The van der Waals surface area contributed by atoms with Crippen LogP contribution in [0.3, 0.4) is 0 Å². The average Bonchev–Trinajstić information content (AvgIpc) is 2.35. The minimum absolute atomic E-state index is 0.384. The third kappa shape index (κ3) is 11.5. The van der Waals surface area contributed by atoms with Crippen molar-refractivity contribution in [1.29, 1.82) is 0 Å². The molecule has 0 aliphatic heterocycles. The third-order valence-electron chi connectivity index (χ3n) is 2.97. The summed E-state index contributed by atoms with van der Waals surface area (Å²) in [5.74, 6) is -1.21. The lowest BCUT2D eigenvalue weighted by Crippen LogP contribution is -2.07. The molecule has 1 N–H and O–H groups in total. The Labute approximate surface area is 111 Å². The molecule has 106 valence electrons. The van der Waals surface area contributed by atoms with Crippen LogP contribution >= 0.6 is 0 Å². The summed E-state index contributed by atoms with van der Waals surface area (Å²) in [7, 11) is 0. The van der Waals surface area contributed by atoms with Crippen LogP contribution < -0.4 is 0 Å². The molecule has 0 spiro atoms. The number of unbranched alkanes of at least 4 members (excludes halogenated alkanes) is 9. The molecule has 0 saturated heterocycles. The number of ether oxygens (including phenoxy) is 1. The molecule has 0 atom stereocenters. The van der Waals surface area contributed by atoms with Gasteiger partial charge >= 0.3 is 5.97 Å². The molecule has 0 aromatic heterocycles. The maximum atomic E-state index is 10.8. The topological polar surface area (TPSA) is 46.5 Å². The van der Waals surface area contributed by atoms with Gasteiger partial charge in [0.15, 0.2) is 5.76 Å². The van der Waals surface area contributed by atoms with Crippen molar-refractivity contribution in [1.82, 2.24) is 0 Å². The lowest BCUT2D eigenvalue weighted by atomic mass is 10.1. The van der Waals surface area contributed by atoms with Crippen molar-refractivity contribution in [3.63, 3.8) is 0 Å². The fourth-order valence-corrected chi connectivity index (χ4v) is 1.84. The van der Waals surface area contributed by atoms with Gasteiger partial charge in [0.25, 0.3) is 0 Å². The molecule has 0 radical (unpaired) electrons. The van der Waals surface area contributed by atoms with Gasteiger partial charge in [-0.05, 0) is 13.0 Å². The molecule has 0 heterocycles. The number of carbonyl (C=O) groups is 1. The number of rotatable bonds is 12. The first-order valence-electron chi connectivity index (χ1n) is 7.23. The molecule has 0 saturated carbocycles. The van der Waals surface area contributed by atoms with E-state index >= 15 is 0 Å². The average molecular weight is 256 g/mol. The van der Waals surface area contributed by atoms with Crippen LogP contribution in [-0.4, -0.2) is 17.7 Å². The maximum Gasteiger partial charge on any atom is 0.372 e. The van der Waals surface area contributed by atoms with E-state index in [-0.39, 0.29) is 0 Å². The number of aliphatic hydroxyl groups excluding tert-OH is 1. The Bertz CT molecular complexity index is 224. The highest BCUT2D eigenvalue weighted by Crippen LogP contribution is 2.10. The molecule has 3 nitrogen and oxygen atoms in total. The molecule has 0 aliphatic rings. The molecule has 0 amide bonds. The van der Waals surface area contributed by atoms with Gasteiger partial charge in [0.1, 0.15) is 0 Å². The van der Waals surface area contributed by atoms with E-state index in [0.29, 0.717) is 6.61 Å². The molecular formula is C15H28O3. The second-order valence-corrected chi connectivity index (χ2v) is 4.76. The second kappa shape index (κ2) is 12.5. The first kappa shape index (κ1) is 17.0. The van der Waals surface area contributed by atoms with E-state index in [1.807, 2.05) is 0 Å². The van der Waals surface area contributed by atoms with Crippen LogP contribution in [0.5, 0.6) is 0 Å². The number of aliphatic hydroxyl groups is 1. The molecule has 0 rings (SSSR count). The van der Waals surface area contributed by atoms with Crippen LogP contribution in [0.1, 0.15) is 71.1 Å². The van der Waals surface area contributed by atoms with E-state index < -0.39 is 11.7 Å². The van der Waals surface area contributed by atoms with E-state index in [2.05, 4.69) is 13.5 Å². The second-order valence-electron chi connectivity index (χ2n) is 4.76. The summed E-state index contributed by atoms with van der Waals surface area (Å²) in [6, 6.07) is 0. The summed E-state index contributed by atoms with van der Waals surface area (Å²) < 4.78 is 4.79. The van der Waals surface area contributed by atoms with Crippen LogP contribution in [-0.2, 0) is 9.53 Å². The zero-order chi connectivity index (χ0) is 13.6. The van der Waals surface area contributed by atoms with Crippen LogP contribution in [0.15, 0.2) is 12.3 Å². The quantitative estimate of drug-likeness (QED) is 0.242. The predicted octanol–water partition coefficient (Wildman–Crippen LogP) is 4.52. The van der Waals surface area contributed by atoms with Crippen LogP contribution in [0.4, 0.5) is 0 Å².